The van der Waals surface area contributed by atoms with Crippen LogP contribution in [0.4, 0.5) is 36.8 Å². The SMILES string of the molecule is COc1cc(CCOc2cc3c(cc2OC)CCN(C(=O)NCC(F)(F)F)C3c2ccc(C(F)(F)F)cc2C)ccc1N. The molecule has 1 unspecified atom stereocenters. The molecule has 3 aromatic rings. The minimum Gasteiger partial charge on any atom is -0.495 e. The van der Waals surface area contributed by atoms with Gasteiger partial charge in [0.2, 0.25) is 0 Å². The van der Waals surface area contributed by atoms with E-state index < -0.39 is 36.5 Å². The lowest BCUT2D eigenvalue weighted by Crippen LogP contribution is -2.48. The third kappa shape index (κ3) is 7.38. The first-order valence-corrected chi connectivity index (χ1v) is 13.3. The van der Waals surface area contributed by atoms with Gasteiger partial charge in [0, 0.05) is 13.0 Å². The van der Waals surface area contributed by atoms with Gasteiger partial charge in [0.25, 0.3) is 0 Å². The van der Waals surface area contributed by atoms with Crippen LogP contribution in [0.15, 0.2) is 48.5 Å². The van der Waals surface area contributed by atoms with Crippen LogP contribution in [0.5, 0.6) is 17.2 Å². The van der Waals surface area contributed by atoms with Crippen LogP contribution >= 0.6 is 0 Å². The molecule has 0 aromatic heterocycles. The molecule has 0 bridgehead atoms. The van der Waals surface area contributed by atoms with Gasteiger partial charge in [0.05, 0.1) is 38.1 Å². The Balaban J connectivity index is 1.71. The topological polar surface area (TPSA) is 86.0 Å². The van der Waals surface area contributed by atoms with Crippen LogP contribution in [-0.4, -0.2) is 51.0 Å². The number of hydrogen-bond acceptors (Lipinski definition) is 5. The second kappa shape index (κ2) is 12.5. The number of halogens is 6. The Hall–Kier alpha value is -4.29. The van der Waals surface area contributed by atoms with Gasteiger partial charge in [0.15, 0.2) is 11.5 Å². The van der Waals surface area contributed by atoms with E-state index in [0.29, 0.717) is 40.5 Å². The van der Waals surface area contributed by atoms with Gasteiger partial charge in [0.1, 0.15) is 12.3 Å². The summed E-state index contributed by atoms with van der Waals surface area (Å²) in [5.74, 6) is 1.21. The first-order valence-electron chi connectivity index (χ1n) is 13.3. The highest BCUT2D eigenvalue weighted by atomic mass is 19.4. The zero-order chi connectivity index (χ0) is 31.5. The molecule has 0 saturated heterocycles. The molecule has 3 N–H and O–H groups in total. The molecule has 4 rings (SSSR count). The normalized spacial score (nSPS) is 15.1. The van der Waals surface area contributed by atoms with Crippen molar-refractivity contribution in [3.05, 3.63) is 81.9 Å². The summed E-state index contributed by atoms with van der Waals surface area (Å²) >= 11 is 0. The number of alkyl halides is 6. The molecule has 232 valence electrons. The number of nitrogens with zero attached hydrogens (tertiary/aromatic N) is 1. The Kier molecular flexibility index (Phi) is 9.21. The number of anilines is 1. The molecule has 43 heavy (non-hydrogen) atoms. The van der Waals surface area contributed by atoms with Crippen molar-refractivity contribution in [1.29, 1.82) is 0 Å². The molecule has 0 aliphatic carbocycles. The van der Waals surface area contributed by atoms with Crippen molar-refractivity contribution < 1.29 is 45.3 Å². The van der Waals surface area contributed by atoms with E-state index in [2.05, 4.69) is 0 Å². The quantitative estimate of drug-likeness (QED) is 0.226. The van der Waals surface area contributed by atoms with Crippen molar-refractivity contribution in [3.8, 4) is 17.2 Å². The van der Waals surface area contributed by atoms with Crippen molar-refractivity contribution in [1.82, 2.24) is 10.2 Å². The minimum absolute atomic E-state index is 0.0180. The van der Waals surface area contributed by atoms with Gasteiger partial charge in [-0.1, -0.05) is 12.1 Å². The lowest BCUT2D eigenvalue weighted by atomic mass is 9.85. The number of nitrogens with two attached hydrogens (primary N) is 1. The van der Waals surface area contributed by atoms with Crippen LogP contribution in [0, 0.1) is 6.92 Å². The van der Waals surface area contributed by atoms with Crippen LogP contribution in [0.3, 0.4) is 0 Å². The fraction of sp³-hybridized carbons (Fsp3) is 0.367. The zero-order valence-corrected chi connectivity index (χ0v) is 23.7. The minimum atomic E-state index is -4.65. The van der Waals surface area contributed by atoms with Gasteiger partial charge in [-0.2, -0.15) is 26.3 Å². The second-order valence-corrected chi connectivity index (χ2v) is 10.1. The number of carbonyl (C=O) groups excluding carboxylic acids is 1. The van der Waals surface area contributed by atoms with Crippen molar-refractivity contribution in [2.24, 2.45) is 0 Å². The molecular weight excluding hydrogens is 580 g/mol. The average Bonchev–Trinajstić information content (AvgIpc) is 2.95. The van der Waals surface area contributed by atoms with E-state index in [1.807, 2.05) is 11.4 Å². The molecule has 0 spiro atoms. The van der Waals surface area contributed by atoms with E-state index in [1.165, 1.54) is 32.1 Å². The number of urea groups is 1. The molecule has 2 amide bonds. The predicted octanol–water partition coefficient (Wildman–Crippen LogP) is 6.45. The van der Waals surface area contributed by atoms with E-state index in [4.69, 9.17) is 19.9 Å². The predicted molar refractivity (Wildman–Crippen MR) is 147 cm³/mol. The largest absolute Gasteiger partial charge is 0.495 e. The van der Waals surface area contributed by atoms with Crippen molar-refractivity contribution in [3.63, 3.8) is 0 Å². The molecule has 1 atom stereocenters. The van der Waals surface area contributed by atoms with Gasteiger partial charge in [-0.15, -0.1) is 0 Å². The maximum Gasteiger partial charge on any atom is 0.416 e. The highest BCUT2D eigenvalue weighted by Crippen LogP contribution is 2.43. The molecular formula is C30H31F6N3O4. The van der Waals surface area contributed by atoms with Gasteiger partial charge in [-0.25, -0.2) is 4.79 Å². The van der Waals surface area contributed by atoms with Crippen LogP contribution in [0.25, 0.3) is 0 Å². The first-order chi connectivity index (χ1) is 20.2. The summed E-state index contributed by atoms with van der Waals surface area (Å²) in [6, 6.07) is 9.77. The Labute approximate surface area is 244 Å². The van der Waals surface area contributed by atoms with E-state index >= 15 is 0 Å². The fourth-order valence-corrected chi connectivity index (χ4v) is 5.08. The number of hydrogen-bond donors (Lipinski definition) is 2. The summed E-state index contributed by atoms with van der Waals surface area (Å²) in [6.45, 7) is 0.124. The van der Waals surface area contributed by atoms with Crippen molar-refractivity contribution >= 4 is 11.7 Å². The maximum atomic E-state index is 13.4. The number of nitrogen functional groups attached to an aromatic ring is 1. The standard InChI is InChI=1S/C30H31F6N3O4/c1-17-12-20(30(34,35)36)5-6-21(17)27-22-15-26(43-11-9-18-4-7-23(37)24(13-18)41-2)25(42-3)14-19(22)8-10-39(27)28(40)38-16-29(31,32)33/h4-7,12-15,27H,8-11,16,37H2,1-3H3,(H,38,40). The summed E-state index contributed by atoms with van der Waals surface area (Å²) in [4.78, 5) is 14.2. The monoisotopic (exact) mass is 611 g/mol. The number of amides is 2. The number of rotatable bonds is 8. The van der Waals surface area contributed by atoms with Crippen LogP contribution in [0.1, 0.15) is 39.4 Å². The van der Waals surface area contributed by atoms with E-state index in [1.54, 1.807) is 24.3 Å². The number of aryl methyl sites for hydroxylation is 1. The Morgan fingerprint density at radius 2 is 1.67 bits per heavy atom. The van der Waals surface area contributed by atoms with E-state index in [0.717, 1.165) is 23.3 Å². The average molecular weight is 612 g/mol. The summed E-state index contributed by atoms with van der Waals surface area (Å²) in [5, 5.41) is 1.89. The Morgan fingerprint density at radius 3 is 2.30 bits per heavy atom. The maximum absolute atomic E-state index is 13.4. The highest BCUT2D eigenvalue weighted by molar-refractivity contribution is 5.76. The van der Waals surface area contributed by atoms with Gasteiger partial charge in [-0.3, -0.25) is 0 Å². The molecule has 1 aliphatic rings. The lowest BCUT2D eigenvalue weighted by Gasteiger charge is -2.39. The van der Waals surface area contributed by atoms with Gasteiger partial charge < -0.3 is 30.2 Å². The summed E-state index contributed by atoms with van der Waals surface area (Å²) in [6.07, 6.45) is -8.51. The van der Waals surface area contributed by atoms with Crippen molar-refractivity contribution in [2.45, 2.75) is 38.2 Å². The molecule has 1 aliphatic heterocycles. The number of nitrogens with one attached hydrogen (secondary N) is 1. The number of benzene rings is 3. The van der Waals surface area contributed by atoms with Crippen LogP contribution in [-0.2, 0) is 19.0 Å². The first kappa shape index (κ1) is 31.6. The number of carbonyl (C=O) groups is 1. The summed E-state index contributed by atoms with van der Waals surface area (Å²) in [5.41, 5.74) is 8.14. The summed E-state index contributed by atoms with van der Waals surface area (Å²) < 4.78 is 95.8. The zero-order valence-electron chi connectivity index (χ0n) is 23.7. The van der Waals surface area contributed by atoms with Gasteiger partial charge >= 0.3 is 18.4 Å². The highest BCUT2D eigenvalue weighted by Gasteiger charge is 2.37. The smallest absolute Gasteiger partial charge is 0.416 e. The molecule has 0 fully saturated rings. The molecule has 1 heterocycles. The summed E-state index contributed by atoms with van der Waals surface area (Å²) in [7, 11) is 2.96. The van der Waals surface area contributed by atoms with Gasteiger partial charge in [-0.05, 0) is 77.6 Å². The number of ether oxygens (including phenoxy) is 3. The number of methoxy groups -OCH3 is 2. The Bertz CT molecular complexity index is 1480. The van der Waals surface area contributed by atoms with Crippen molar-refractivity contribution in [2.75, 3.05) is 39.6 Å². The molecule has 0 saturated carbocycles. The third-order valence-corrected chi connectivity index (χ3v) is 7.19. The number of fused-ring (bicyclic) bond motifs is 1. The second-order valence-electron chi connectivity index (χ2n) is 10.1. The lowest BCUT2D eigenvalue weighted by molar-refractivity contribution is -0.137. The van der Waals surface area contributed by atoms with E-state index in [9.17, 15) is 31.1 Å². The molecule has 7 nitrogen and oxygen atoms in total. The molecule has 3 aromatic carbocycles. The molecule has 0 radical (unpaired) electrons. The fourth-order valence-electron chi connectivity index (χ4n) is 5.08. The van der Waals surface area contributed by atoms with E-state index in [-0.39, 0.29) is 25.1 Å². The Morgan fingerprint density at radius 1 is 0.953 bits per heavy atom. The third-order valence-electron chi connectivity index (χ3n) is 7.19. The molecule has 13 heteroatoms. The van der Waals surface area contributed by atoms with Crippen LogP contribution in [0.2, 0.25) is 0 Å². The van der Waals surface area contributed by atoms with Crippen LogP contribution < -0.4 is 25.3 Å².